The minimum absolute atomic E-state index is 0.0115. The van der Waals surface area contributed by atoms with Crippen LogP contribution < -0.4 is 10.5 Å². The molecule has 0 aliphatic carbocycles. The Hall–Kier alpha value is -2.69. The predicted octanol–water partition coefficient (Wildman–Crippen LogP) is 1.70. The molecule has 1 atom stereocenters. The summed E-state index contributed by atoms with van der Waals surface area (Å²) in [6.07, 6.45) is 0. The number of hydrogen-bond donors (Lipinski definition) is 2. The number of primary sulfonamides is 1. The van der Waals surface area contributed by atoms with E-state index in [4.69, 9.17) is 10.4 Å². The lowest BCUT2D eigenvalue weighted by Crippen LogP contribution is -2.27. The van der Waals surface area contributed by atoms with Crippen molar-refractivity contribution in [3.05, 3.63) is 65.2 Å². The first-order valence-electron chi connectivity index (χ1n) is 6.75. The highest BCUT2D eigenvalue weighted by atomic mass is 32.2. The van der Waals surface area contributed by atoms with Crippen molar-refractivity contribution in [3.63, 3.8) is 0 Å². The van der Waals surface area contributed by atoms with Crippen LogP contribution in [0.5, 0.6) is 0 Å². The maximum atomic E-state index is 12.2. The second-order valence-electron chi connectivity index (χ2n) is 5.01. The number of nitrogens with two attached hydrogens (primary N) is 1. The monoisotopic (exact) mass is 329 g/mol. The Bertz CT molecular complexity index is 885. The molecular weight excluding hydrogens is 314 g/mol. The van der Waals surface area contributed by atoms with Crippen LogP contribution in [0.1, 0.15) is 34.5 Å². The van der Waals surface area contributed by atoms with E-state index in [1.54, 1.807) is 37.3 Å². The highest BCUT2D eigenvalue weighted by molar-refractivity contribution is 7.89. The van der Waals surface area contributed by atoms with Gasteiger partial charge in [0.1, 0.15) is 0 Å². The molecule has 0 heterocycles. The van der Waals surface area contributed by atoms with E-state index in [2.05, 4.69) is 5.32 Å². The standard InChI is InChI=1S/C16H15N3O3S/c1-11(13-5-3-7-15(9-13)23(18,21)22)19-16(20)14-6-2-4-12(8-14)10-17/h2-9,11H,1H3,(H,19,20)(H2,18,21,22). The van der Waals surface area contributed by atoms with E-state index < -0.39 is 16.1 Å². The van der Waals surface area contributed by atoms with Crippen LogP contribution in [0.15, 0.2) is 53.4 Å². The zero-order valence-corrected chi connectivity index (χ0v) is 13.2. The highest BCUT2D eigenvalue weighted by Crippen LogP contribution is 2.17. The first-order chi connectivity index (χ1) is 10.8. The zero-order chi connectivity index (χ0) is 17.0. The summed E-state index contributed by atoms with van der Waals surface area (Å²) < 4.78 is 22.8. The molecule has 3 N–H and O–H groups in total. The van der Waals surface area contributed by atoms with Crippen LogP contribution in [0.4, 0.5) is 0 Å². The maximum Gasteiger partial charge on any atom is 0.251 e. The summed E-state index contributed by atoms with van der Waals surface area (Å²) in [6.45, 7) is 1.73. The molecule has 7 heteroatoms. The summed E-state index contributed by atoms with van der Waals surface area (Å²) >= 11 is 0. The van der Waals surface area contributed by atoms with Gasteiger partial charge >= 0.3 is 0 Å². The number of nitriles is 1. The first kappa shape index (κ1) is 16.7. The SMILES string of the molecule is CC(NC(=O)c1cccc(C#N)c1)c1cccc(S(N)(=O)=O)c1. The quantitative estimate of drug-likeness (QED) is 0.888. The molecule has 6 nitrogen and oxygen atoms in total. The largest absolute Gasteiger partial charge is 0.346 e. The van der Waals surface area contributed by atoms with E-state index in [9.17, 15) is 13.2 Å². The summed E-state index contributed by atoms with van der Waals surface area (Å²) in [4.78, 5) is 12.2. The van der Waals surface area contributed by atoms with Crippen molar-refractivity contribution in [3.8, 4) is 6.07 Å². The molecule has 23 heavy (non-hydrogen) atoms. The van der Waals surface area contributed by atoms with Crippen molar-refractivity contribution in [1.82, 2.24) is 5.32 Å². The van der Waals surface area contributed by atoms with Gasteiger partial charge in [-0.05, 0) is 42.8 Å². The van der Waals surface area contributed by atoms with Gasteiger partial charge in [0.2, 0.25) is 10.0 Å². The van der Waals surface area contributed by atoms with Crippen molar-refractivity contribution >= 4 is 15.9 Å². The Morgan fingerprint density at radius 1 is 1.22 bits per heavy atom. The lowest BCUT2D eigenvalue weighted by molar-refractivity contribution is 0.0940. The van der Waals surface area contributed by atoms with Crippen molar-refractivity contribution in [2.75, 3.05) is 0 Å². The van der Waals surface area contributed by atoms with Gasteiger partial charge in [0.05, 0.1) is 22.6 Å². The number of nitrogens with one attached hydrogen (secondary N) is 1. The number of amides is 1. The minimum Gasteiger partial charge on any atom is -0.346 e. The molecule has 0 bridgehead atoms. The molecule has 0 aromatic heterocycles. The molecule has 0 saturated heterocycles. The average Bonchev–Trinajstić information content (AvgIpc) is 2.54. The van der Waals surface area contributed by atoms with E-state index in [-0.39, 0.29) is 10.8 Å². The topological polar surface area (TPSA) is 113 Å². The molecule has 0 aliphatic rings. The molecule has 1 unspecified atom stereocenters. The van der Waals surface area contributed by atoms with Gasteiger partial charge in [0, 0.05) is 5.56 Å². The lowest BCUT2D eigenvalue weighted by Gasteiger charge is -2.15. The molecule has 1 amide bonds. The van der Waals surface area contributed by atoms with Gasteiger partial charge in [-0.15, -0.1) is 0 Å². The third-order valence-electron chi connectivity index (χ3n) is 3.29. The van der Waals surface area contributed by atoms with Crippen molar-refractivity contribution in [2.24, 2.45) is 5.14 Å². The summed E-state index contributed by atoms with van der Waals surface area (Å²) in [5, 5.41) is 16.7. The van der Waals surface area contributed by atoms with E-state index in [1.165, 1.54) is 18.2 Å². The summed E-state index contributed by atoms with van der Waals surface area (Å²) in [5.41, 5.74) is 1.36. The number of sulfonamides is 1. The maximum absolute atomic E-state index is 12.2. The number of carbonyl (C=O) groups excluding carboxylic acids is 1. The lowest BCUT2D eigenvalue weighted by atomic mass is 10.1. The van der Waals surface area contributed by atoms with Crippen LogP contribution in [0, 0.1) is 11.3 Å². The summed E-state index contributed by atoms with van der Waals surface area (Å²) in [5.74, 6) is -0.351. The minimum atomic E-state index is -3.80. The molecule has 2 rings (SSSR count). The van der Waals surface area contributed by atoms with Crippen LogP contribution in [-0.2, 0) is 10.0 Å². The molecular formula is C16H15N3O3S. The van der Waals surface area contributed by atoms with E-state index in [1.807, 2.05) is 6.07 Å². The Balaban J connectivity index is 2.20. The van der Waals surface area contributed by atoms with Crippen molar-refractivity contribution < 1.29 is 13.2 Å². The average molecular weight is 329 g/mol. The molecule has 0 aliphatic heterocycles. The summed E-state index contributed by atoms with van der Waals surface area (Å²) in [6, 6.07) is 13.9. The van der Waals surface area contributed by atoms with Gasteiger partial charge in [-0.2, -0.15) is 5.26 Å². The van der Waals surface area contributed by atoms with Gasteiger partial charge in [-0.1, -0.05) is 18.2 Å². The Kier molecular flexibility index (Phi) is 4.79. The molecule has 0 spiro atoms. The van der Waals surface area contributed by atoms with Crippen molar-refractivity contribution in [1.29, 1.82) is 5.26 Å². The van der Waals surface area contributed by atoms with E-state index >= 15 is 0 Å². The van der Waals surface area contributed by atoms with Gasteiger partial charge in [-0.25, -0.2) is 13.6 Å². The molecule has 2 aromatic rings. The zero-order valence-electron chi connectivity index (χ0n) is 12.4. The van der Waals surface area contributed by atoms with Gasteiger partial charge in [-0.3, -0.25) is 4.79 Å². The second kappa shape index (κ2) is 6.60. The Labute approximate surface area is 134 Å². The number of hydrogen-bond acceptors (Lipinski definition) is 4. The molecule has 2 aromatic carbocycles. The first-order valence-corrected chi connectivity index (χ1v) is 8.29. The van der Waals surface area contributed by atoms with Crippen LogP contribution >= 0.6 is 0 Å². The smallest absolute Gasteiger partial charge is 0.251 e. The number of carbonyl (C=O) groups is 1. The Morgan fingerprint density at radius 3 is 2.57 bits per heavy atom. The normalized spacial score (nSPS) is 12.2. The molecule has 0 fully saturated rings. The summed E-state index contributed by atoms with van der Waals surface area (Å²) in [7, 11) is -3.80. The van der Waals surface area contributed by atoms with Crippen LogP contribution in [0.3, 0.4) is 0 Å². The second-order valence-corrected chi connectivity index (χ2v) is 6.57. The number of nitrogens with zero attached hydrogens (tertiary/aromatic N) is 1. The van der Waals surface area contributed by atoms with Crippen LogP contribution in [0.25, 0.3) is 0 Å². The van der Waals surface area contributed by atoms with Crippen LogP contribution in [0.2, 0.25) is 0 Å². The molecule has 118 valence electrons. The van der Waals surface area contributed by atoms with Crippen molar-refractivity contribution in [2.45, 2.75) is 17.9 Å². The van der Waals surface area contributed by atoms with Gasteiger partial charge < -0.3 is 5.32 Å². The molecule has 0 radical (unpaired) electrons. The fraction of sp³-hybridized carbons (Fsp3) is 0.125. The third-order valence-corrected chi connectivity index (χ3v) is 4.20. The molecule has 0 saturated carbocycles. The predicted molar refractivity (Wildman–Crippen MR) is 84.9 cm³/mol. The third kappa shape index (κ3) is 4.16. The van der Waals surface area contributed by atoms with Crippen LogP contribution in [-0.4, -0.2) is 14.3 Å². The Morgan fingerprint density at radius 2 is 1.91 bits per heavy atom. The number of benzene rings is 2. The van der Waals surface area contributed by atoms with Gasteiger partial charge in [0.15, 0.2) is 0 Å². The van der Waals surface area contributed by atoms with E-state index in [0.717, 1.165) is 0 Å². The number of rotatable bonds is 4. The van der Waals surface area contributed by atoms with E-state index in [0.29, 0.717) is 16.7 Å². The van der Waals surface area contributed by atoms with Gasteiger partial charge in [0.25, 0.3) is 5.91 Å². The fourth-order valence-electron chi connectivity index (χ4n) is 2.05. The fourth-order valence-corrected chi connectivity index (χ4v) is 2.62. The highest BCUT2D eigenvalue weighted by Gasteiger charge is 2.14.